The van der Waals surface area contributed by atoms with E-state index in [-0.39, 0.29) is 0 Å². The second-order valence-corrected chi connectivity index (χ2v) is 4.24. The minimum Gasteiger partial charge on any atom is -0.308 e. The van der Waals surface area contributed by atoms with E-state index in [2.05, 4.69) is 32.3 Å². The summed E-state index contributed by atoms with van der Waals surface area (Å²) in [7, 11) is 0. The molecule has 0 aromatic heterocycles. The Bertz CT molecular complexity index is 195. The van der Waals surface area contributed by atoms with Crippen LogP contribution < -0.4 is 5.32 Å². The molecule has 1 fully saturated rings. The van der Waals surface area contributed by atoms with E-state index in [4.69, 9.17) is 0 Å². The second-order valence-electron chi connectivity index (χ2n) is 4.24. The molecule has 1 heteroatoms. The van der Waals surface area contributed by atoms with Crippen molar-refractivity contribution >= 4 is 0 Å². The van der Waals surface area contributed by atoms with Crippen LogP contribution in [0.5, 0.6) is 0 Å². The summed E-state index contributed by atoms with van der Waals surface area (Å²) in [5.41, 5.74) is 1.34. The molecule has 3 atom stereocenters. The van der Waals surface area contributed by atoms with Gasteiger partial charge >= 0.3 is 0 Å². The number of hydrogen-bond acceptors (Lipinski definition) is 1. The third kappa shape index (κ3) is 2.70. The van der Waals surface area contributed by atoms with E-state index in [1.807, 2.05) is 6.08 Å². The molecule has 3 unspecified atom stereocenters. The second kappa shape index (κ2) is 4.61. The fourth-order valence-corrected chi connectivity index (χ4v) is 2.20. The van der Waals surface area contributed by atoms with Crippen LogP contribution in [-0.4, -0.2) is 12.1 Å². The molecule has 1 N–H and O–H groups in total. The molecule has 0 radical (unpaired) electrons. The topological polar surface area (TPSA) is 12.0 Å². The molecule has 13 heavy (non-hydrogen) atoms. The maximum atomic E-state index is 4.15. The molecule has 1 saturated heterocycles. The van der Waals surface area contributed by atoms with Crippen molar-refractivity contribution in [3.8, 4) is 0 Å². The molecule has 0 aromatic carbocycles. The highest BCUT2D eigenvalue weighted by molar-refractivity contribution is 5.11. The quantitative estimate of drug-likeness (QED) is 0.654. The van der Waals surface area contributed by atoms with Gasteiger partial charge in [0.15, 0.2) is 0 Å². The first kappa shape index (κ1) is 10.5. The molecular weight excluding hydrogens is 158 g/mol. The van der Waals surface area contributed by atoms with Crippen molar-refractivity contribution in [1.29, 1.82) is 0 Å². The highest BCUT2D eigenvalue weighted by Gasteiger charge is 2.28. The Morgan fingerprint density at radius 3 is 2.69 bits per heavy atom. The number of allylic oxidation sites excluding steroid dienone is 1. The van der Waals surface area contributed by atoms with Crippen LogP contribution in [0.1, 0.15) is 33.1 Å². The number of hydrogen-bond donors (Lipinski definition) is 1. The molecule has 1 nitrogen and oxygen atoms in total. The van der Waals surface area contributed by atoms with Gasteiger partial charge in [0.2, 0.25) is 0 Å². The minimum absolute atomic E-state index is 0.537. The molecule has 0 saturated carbocycles. The molecule has 1 aliphatic rings. The first-order chi connectivity index (χ1) is 6.15. The predicted molar refractivity (Wildman–Crippen MR) is 58.7 cm³/mol. The third-order valence-corrected chi connectivity index (χ3v) is 2.87. The van der Waals surface area contributed by atoms with Gasteiger partial charge in [-0.25, -0.2) is 0 Å². The van der Waals surface area contributed by atoms with Crippen LogP contribution in [0.2, 0.25) is 0 Å². The zero-order valence-electron chi connectivity index (χ0n) is 8.84. The van der Waals surface area contributed by atoms with Crippen molar-refractivity contribution in [3.05, 3.63) is 24.8 Å². The van der Waals surface area contributed by atoms with E-state index in [0.717, 1.165) is 18.8 Å². The summed E-state index contributed by atoms with van der Waals surface area (Å²) in [5, 5.41) is 3.58. The van der Waals surface area contributed by atoms with E-state index in [1.165, 1.54) is 12.0 Å². The molecule has 0 bridgehead atoms. The van der Waals surface area contributed by atoms with Crippen molar-refractivity contribution in [1.82, 2.24) is 5.32 Å². The van der Waals surface area contributed by atoms with Crippen molar-refractivity contribution < 1.29 is 0 Å². The fourth-order valence-electron chi connectivity index (χ4n) is 2.20. The standard InChI is InChI=1S/C12H21N/c1-5-6-7-9(2)12-10(3)8-11(4)13-12/h5,10-13H,1-2,6-8H2,3-4H3. The van der Waals surface area contributed by atoms with E-state index >= 15 is 0 Å². The van der Waals surface area contributed by atoms with Gasteiger partial charge in [0.05, 0.1) is 0 Å². The largest absolute Gasteiger partial charge is 0.308 e. The monoisotopic (exact) mass is 179 g/mol. The van der Waals surface area contributed by atoms with Gasteiger partial charge in [0, 0.05) is 12.1 Å². The summed E-state index contributed by atoms with van der Waals surface area (Å²) >= 11 is 0. The Morgan fingerprint density at radius 2 is 2.23 bits per heavy atom. The van der Waals surface area contributed by atoms with Crippen molar-refractivity contribution in [2.45, 2.75) is 45.2 Å². The molecule has 0 amide bonds. The van der Waals surface area contributed by atoms with Crippen LogP contribution in [0.15, 0.2) is 24.8 Å². The molecule has 1 aliphatic heterocycles. The van der Waals surface area contributed by atoms with Gasteiger partial charge in [-0.05, 0) is 32.1 Å². The molecular formula is C12H21N. The van der Waals surface area contributed by atoms with Gasteiger partial charge in [-0.3, -0.25) is 0 Å². The van der Waals surface area contributed by atoms with E-state index in [9.17, 15) is 0 Å². The maximum absolute atomic E-state index is 4.15. The van der Waals surface area contributed by atoms with Crippen LogP contribution >= 0.6 is 0 Å². The first-order valence-electron chi connectivity index (χ1n) is 5.19. The maximum Gasteiger partial charge on any atom is 0.0305 e. The predicted octanol–water partition coefficient (Wildman–Crippen LogP) is 2.90. The Hall–Kier alpha value is -0.560. The van der Waals surface area contributed by atoms with Crippen LogP contribution in [0.25, 0.3) is 0 Å². The third-order valence-electron chi connectivity index (χ3n) is 2.87. The zero-order valence-corrected chi connectivity index (χ0v) is 8.84. The molecule has 1 heterocycles. The highest BCUT2D eigenvalue weighted by atomic mass is 15.0. The first-order valence-corrected chi connectivity index (χ1v) is 5.19. The van der Waals surface area contributed by atoms with Gasteiger partial charge in [-0.15, -0.1) is 6.58 Å². The van der Waals surface area contributed by atoms with E-state index in [1.54, 1.807) is 0 Å². The number of rotatable bonds is 4. The average molecular weight is 179 g/mol. The summed E-state index contributed by atoms with van der Waals surface area (Å²) < 4.78 is 0. The molecule has 0 aromatic rings. The lowest BCUT2D eigenvalue weighted by atomic mass is 9.94. The van der Waals surface area contributed by atoms with Crippen molar-refractivity contribution in [2.75, 3.05) is 0 Å². The van der Waals surface area contributed by atoms with Gasteiger partial charge in [-0.2, -0.15) is 0 Å². The molecule has 1 rings (SSSR count). The van der Waals surface area contributed by atoms with E-state index in [0.29, 0.717) is 12.1 Å². The van der Waals surface area contributed by atoms with Crippen LogP contribution in [0, 0.1) is 5.92 Å². The normalized spacial score (nSPS) is 33.2. The Labute approximate surface area is 81.9 Å². The Kier molecular flexibility index (Phi) is 3.73. The van der Waals surface area contributed by atoms with Crippen LogP contribution in [0.4, 0.5) is 0 Å². The van der Waals surface area contributed by atoms with Gasteiger partial charge in [-0.1, -0.05) is 25.2 Å². The highest BCUT2D eigenvalue weighted by Crippen LogP contribution is 2.26. The van der Waals surface area contributed by atoms with Crippen molar-refractivity contribution in [3.63, 3.8) is 0 Å². The van der Waals surface area contributed by atoms with Gasteiger partial charge < -0.3 is 5.32 Å². The minimum atomic E-state index is 0.537. The summed E-state index contributed by atoms with van der Waals surface area (Å²) in [5.74, 6) is 0.743. The lowest BCUT2D eigenvalue weighted by Crippen LogP contribution is -2.30. The summed E-state index contributed by atoms with van der Waals surface area (Å²) in [6.07, 6.45) is 5.38. The average Bonchev–Trinajstić information content (AvgIpc) is 2.41. The summed E-state index contributed by atoms with van der Waals surface area (Å²) in [6.45, 7) is 12.4. The smallest absolute Gasteiger partial charge is 0.0305 e. The zero-order chi connectivity index (χ0) is 9.84. The summed E-state index contributed by atoms with van der Waals surface area (Å²) in [6, 6.07) is 1.19. The Morgan fingerprint density at radius 1 is 1.54 bits per heavy atom. The lowest BCUT2D eigenvalue weighted by molar-refractivity contribution is 0.526. The van der Waals surface area contributed by atoms with Crippen LogP contribution in [-0.2, 0) is 0 Å². The molecule has 0 aliphatic carbocycles. The number of nitrogens with one attached hydrogen (secondary N) is 1. The molecule has 0 spiro atoms. The van der Waals surface area contributed by atoms with Crippen LogP contribution in [0.3, 0.4) is 0 Å². The molecule has 74 valence electrons. The van der Waals surface area contributed by atoms with Gasteiger partial charge in [0.1, 0.15) is 0 Å². The SMILES string of the molecule is C=CCCC(=C)C1NC(C)CC1C. The lowest BCUT2D eigenvalue weighted by Gasteiger charge is -2.18. The van der Waals surface area contributed by atoms with Gasteiger partial charge in [0.25, 0.3) is 0 Å². The fraction of sp³-hybridized carbons (Fsp3) is 0.667. The Balaban J connectivity index is 2.42. The van der Waals surface area contributed by atoms with Crippen molar-refractivity contribution in [2.24, 2.45) is 5.92 Å². The van der Waals surface area contributed by atoms with E-state index < -0.39 is 0 Å². The summed E-state index contributed by atoms with van der Waals surface area (Å²) in [4.78, 5) is 0.